The number of carbonyl (C=O) groups excluding carboxylic acids is 1. The summed E-state index contributed by atoms with van der Waals surface area (Å²) in [4.78, 5) is 13.2. The molecule has 1 aromatic rings. The van der Waals surface area contributed by atoms with Crippen LogP contribution in [0.4, 0.5) is 0 Å². The van der Waals surface area contributed by atoms with Gasteiger partial charge < -0.3 is 0 Å². The number of ketones is 1. The normalized spacial score (nSPS) is 15.2. The second kappa shape index (κ2) is 6.81. The van der Waals surface area contributed by atoms with Gasteiger partial charge in [-0.1, -0.05) is 51.2 Å². The molecule has 2 atom stereocenters. The Bertz CT molecular complexity index is 486. The molecule has 0 aliphatic carbocycles. The number of benzene rings is 1. The molecule has 4 heteroatoms. The summed E-state index contributed by atoms with van der Waals surface area (Å²) in [5.74, 6) is 0.0667. The number of rotatable bonds is 6. The minimum absolute atomic E-state index is 0.0641. The van der Waals surface area contributed by atoms with E-state index in [1.807, 2.05) is 45.0 Å². The number of carbonyl (C=O) groups is 1. The Kier molecular flexibility index (Phi) is 5.89. The highest BCUT2D eigenvalue weighted by molar-refractivity contribution is 7.86. The molecule has 1 rings (SSSR count). The van der Waals surface area contributed by atoms with Crippen molar-refractivity contribution in [2.75, 3.05) is 0 Å². The van der Waals surface area contributed by atoms with Gasteiger partial charge in [-0.2, -0.15) is 0 Å². The van der Waals surface area contributed by atoms with Crippen LogP contribution in [0, 0.1) is 12.8 Å². The Morgan fingerprint density at radius 2 is 1.65 bits per heavy atom. The van der Waals surface area contributed by atoms with Gasteiger partial charge in [0.25, 0.3) is 0 Å². The highest BCUT2D eigenvalue weighted by Gasteiger charge is 2.32. The van der Waals surface area contributed by atoms with Gasteiger partial charge >= 0.3 is 0 Å². The fourth-order valence-corrected chi connectivity index (χ4v) is 6.68. The summed E-state index contributed by atoms with van der Waals surface area (Å²) in [6.45, 7) is 12.5. The third-order valence-electron chi connectivity index (χ3n) is 3.20. The fraction of sp³-hybridized carbons (Fsp3) is 0.562. The van der Waals surface area contributed by atoms with Crippen LogP contribution in [0.15, 0.2) is 29.2 Å². The van der Waals surface area contributed by atoms with Gasteiger partial charge in [0.15, 0.2) is 5.78 Å². The van der Waals surface area contributed by atoms with Crippen molar-refractivity contribution in [2.45, 2.75) is 56.6 Å². The molecule has 1 aromatic carbocycles. The van der Waals surface area contributed by atoms with E-state index in [0.29, 0.717) is 0 Å². The van der Waals surface area contributed by atoms with Crippen LogP contribution in [0.1, 0.15) is 19.4 Å². The molecule has 0 N–H and O–H groups in total. The van der Waals surface area contributed by atoms with Gasteiger partial charge in [0, 0.05) is 18.9 Å². The standard InChI is InChI=1S/C16H26O2SSi/c1-12(2)16(17)15(11-20(4,5)6)19(18)14-9-7-13(3)8-10-14/h7-10,12,15H,11H2,1-6H3/t15-,19-/m0/s1. The molecule has 0 fully saturated rings. The smallest absolute Gasteiger partial charge is 0.151 e. The lowest BCUT2D eigenvalue weighted by Crippen LogP contribution is -2.37. The Balaban J connectivity index is 3.06. The molecule has 0 saturated heterocycles. The minimum atomic E-state index is -1.45. The van der Waals surface area contributed by atoms with Gasteiger partial charge in [0.1, 0.15) is 0 Å². The van der Waals surface area contributed by atoms with Crippen LogP contribution in [0.3, 0.4) is 0 Å². The molecule has 2 nitrogen and oxygen atoms in total. The first-order valence-electron chi connectivity index (χ1n) is 7.13. The monoisotopic (exact) mass is 310 g/mol. The average Bonchev–Trinajstić information content (AvgIpc) is 2.34. The lowest BCUT2D eigenvalue weighted by Gasteiger charge is -2.24. The van der Waals surface area contributed by atoms with Crippen LogP contribution in [0.5, 0.6) is 0 Å². The van der Waals surface area contributed by atoms with Crippen molar-refractivity contribution in [1.29, 1.82) is 0 Å². The van der Waals surface area contributed by atoms with Gasteiger partial charge in [-0.25, -0.2) is 0 Å². The molecule has 0 amide bonds. The molecule has 112 valence electrons. The summed E-state index contributed by atoms with van der Waals surface area (Å²) in [5, 5.41) is -0.357. The van der Waals surface area contributed by atoms with Crippen LogP contribution < -0.4 is 0 Å². The maximum absolute atomic E-state index is 12.8. The van der Waals surface area contributed by atoms with Crippen LogP contribution in [-0.2, 0) is 15.6 Å². The SMILES string of the molecule is Cc1ccc([S@](=O)[C@@H](C[Si](C)(C)C)C(=O)C(C)C)cc1. The summed E-state index contributed by atoms with van der Waals surface area (Å²) >= 11 is 0. The number of aryl methyl sites for hydroxylation is 1. The van der Waals surface area contributed by atoms with E-state index in [2.05, 4.69) is 19.6 Å². The van der Waals surface area contributed by atoms with Crippen molar-refractivity contribution in [1.82, 2.24) is 0 Å². The molecule has 0 radical (unpaired) electrons. The topological polar surface area (TPSA) is 34.1 Å². The van der Waals surface area contributed by atoms with Gasteiger partial charge in [-0.3, -0.25) is 9.00 Å². The molecular formula is C16H26O2SSi. The summed E-state index contributed by atoms with van der Waals surface area (Å²) < 4.78 is 12.8. The Labute approximate surface area is 126 Å². The highest BCUT2D eigenvalue weighted by atomic mass is 32.2. The van der Waals surface area contributed by atoms with E-state index in [0.717, 1.165) is 16.5 Å². The second-order valence-electron chi connectivity index (χ2n) is 6.92. The van der Waals surface area contributed by atoms with Crippen molar-refractivity contribution in [3.05, 3.63) is 29.8 Å². The van der Waals surface area contributed by atoms with E-state index in [9.17, 15) is 9.00 Å². The molecule has 0 aliphatic heterocycles. The Morgan fingerprint density at radius 3 is 2.05 bits per heavy atom. The van der Waals surface area contributed by atoms with Crippen molar-refractivity contribution >= 4 is 24.7 Å². The minimum Gasteiger partial charge on any atom is -0.298 e. The predicted octanol–water partition coefficient (Wildman–Crippen LogP) is 4.03. The third-order valence-corrected chi connectivity index (χ3v) is 6.78. The van der Waals surface area contributed by atoms with E-state index in [-0.39, 0.29) is 17.0 Å². The first-order valence-corrected chi connectivity index (χ1v) is 12.0. The zero-order chi connectivity index (χ0) is 15.5. The van der Waals surface area contributed by atoms with E-state index in [1.165, 1.54) is 0 Å². The van der Waals surface area contributed by atoms with Crippen molar-refractivity contribution in [3.63, 3.8) is 0 Å². The quantitative estimate of drug-likeness (QED) is 0.743. The second-order valence-corrected chi connectivity index (χ2v) is 14.1. The van der Waals surface area contributed by atoms with Gasteiger partial charge in [-0.15, -0.1) is 0 Å². The molecule has 0 saturated carbocycles. The fourth-order valence-electron chi connectivity index (χ4n) is 2.05. The van der Waals surface area contributed by atoms with Crippen molar-refractivity contribution < 1.29 is 9.00 Å². The largest absolute Gasteiger partial charge is 0.298 e. The number of Topliss-reactive ketones (excluding diaryl/α,β-unsaturated/α-hetero) is 1. The Morgan fingerprint density at radius 1 is 1.15 bits per heavy atom. The lowest BCUT2D eigenvalue weighted by atomic mass is 10.1. The Hall–Kier alpha value is -0.743. The van der Waals surface area contributed by atoms with E-state index >= 15 is 0 Å². The zero-order valence-electron chi connectivity index (χ0n) is 13.4. The van der Waals surface area contributed by atoms with Crippen molar-refractivity contribution in [3.8, 4) is 0 Å². The van der Waals surface area contributed by atoms with Crippen LogP contribution >= 0.6 is 0 Å². The third kappa shape index (κ3) is 4.98. The zero-order valence-corrected chi connectivity index (χ0v) is 15.2. The molecule has 0 aliphatic rings. The number of hydrogen-bond acceptors (Lipinski definition) is 2. The predicted molar refractivity (Wildman–Crippen MR) is 89.4 cm³/mol. The molecule has 0 unspecified atom stereocenters. The van der Waals surface area contributed by atoms with Gasteiger partial charge in [0.2, 0.25) is 0 Å². The van der Waals surface area contributed by atoms with Gasteiger partial charge in [0.05, 0.1) is 16.0 Å². The molecule has 20 heavy (non-hydrogen) atoms. The molecule has 0 spiro atoms. The first kappa shape index (κ1) is 17.3. The van der Waals surface area contributed by atoms with Crippen LogP contribution in [-0.4, -0.2) is 23.3 Å². The van der Waals surface area contributed by atoms with E-state index in [4.69, 9.17) is 0 Å². The number of hydrogen-bond donors (Lipinski definition) is 0. The molecule has 0 heterocycles. The summed E-state index contributed by atoms with van der Waals surface area (Å²) in [5.41, 5.74) is 1.14. The maximum Gasteiger partial charge on any atom is 0.151 e. The van der Waals surface area contributed by atoms with Crippen LogP contribution in [0.25, 0.3) is 0 Å². The average molecular weight is 311 g/mol. The molecule has 0 aromatic heterocycles. The van der Waals surface area contributed by atoms with Gasteiger partial charge in [-0.05, 0) is 25.1 Å². The summed E-state index contributed by atoms with van der Waals surface area (Å²) in [6.07, 6.45) is 0. The maximum atomic E-state index is 12.8. The molecular weight excluding hydrogens is 284 g/mol. The molecule has 0 bridgehead atoms. The lowest BCUT2D eigenvalue weighted by molar-refractivity contribution is -0.121. The summed E-state index contributed by atoms with van der Waals surface area (Å²) in [7, 11) is -2.69. The van der Waals surface area contributed by atoms with E-state index in [1.54, 1.807) is 0 Å². The first-order chi connectivity index (χ1) is 9.11. The summed E-state index contributed by atoms with van der Waals surface area (Å²) in [6, 6.07) is 8.47. The highest BCUT2D eigenvalue weighted by Crippen LogP contribution is 2.23. The van der Waals surface area contributed by atoms with Crippen molar-refractivity contribution in [2.24, 2.45) is 5.92 Å². The van der Waals surface area contributed by atoms with E-state index < -0.39 is 18.9 Å². The van der Waals surface area contributed by atoms with Crippen LogP contribution in [0.2, 0.25) is 25.7 Å².